The van der Waals surface area contributed by atoms with Crippen molar-refractivity contribution in [2.24, 2.45) is 0 Å². The van der Waals surface area contributed by atoms with Gasteiger partial charge in [-0.25, -0.2) is 9.97 Å². The Kier molecular flexibility index (Phi) is 3.06. The van der Waals surface area contributed by atoms with Gasteiger partial charge in [0.25, 0.3) is 0 Å². The number of aryl methyl sites for hydroxylation is 2. The molecule has 0 bridgehead atoms. The van der Waals surface area contributed by atoms with Gasteiger partial charge in [0, 0.05) is 5.69 Å². The zero-order valence-electron chi connectivity index (χ0n) is 9.07. The molecule has 0 fully saturated rings. The standard InChI is InChI=1S/C8H10N4.C2H6/c1-5-3-7-6(2)11-8(9)12(7)4-10-5;1-2/h3-4H,1-2H3,(H2,9,11);1-2H3. The van der Waals surface area contributed by atoms with Crippen LogP contribution in [0, 0.1) is 13.8 Å². The van der Waals surface area contributed by atoms with Gasteiger partial charge in [-0.15, -0.1) is 0 Å². The van der Waals surface area contributed by atoms with Crippen molar-refractivity contribution >= 4 is 11.5 Å². The Hall–Kier alpha value is -1.58. The highest BCUT2D eigenvalue weighted by Gasteiger charge is 2.03. The molecule has 0 amide bonds. The second kappa shape index (κ2) is 4.09. The molecule has 2 rings (SSSR count). The van der Waals surface area contributed by atoms with Crippen molar-refractivity contribution in [1.29, 1.82) is 0 Å². The highest BCUT2D eigenvalue weighted by atomic mass is 15.1. The minimum Gasteiger partial charge on any atom is -0.369 e. The molecular formula is C10H16N4. The summed E-state index contributed by atoms with van der Waals surface area (Å²) < 4.78 is 1.78. The zero-order valence-corrected chi connectivity index (χ0v) is 9.07. The molecule has 0 aliphatic heterocycles. The number of hydrogen-bond donors (Lipinski definition) is 1. The third-order valence-corrected chi connectivity index (χ3v) is 1.88. The second-order valence-corrected chi connectivity index (χ2v) is 2.84. The quantitative estimate of drug-likeness (QED) is 0.694. The Labute approximate surface area is 83.8 Å². The summed E-state index contributed by atoms with van der Waals surface area (Å²) in [7, 11) is 0. The van der Waals surface area contributed by atoms with Crippen molar-refractivity contribution in [3.05, 3.63) is 23.8 Å². The molecule has 0 aliphatic carbocycles. The SMILES string of the molecule is CC.Cc1cc2c(C)nc(N)n2cn1. The minimum atomic E-state index is 0.495. The molecule has 0 radical (unpaired) electrons. The number of nitrogens with zero attached hydrogens (tertiary/aromatic N) is 3. The van der Waals surface area contributed by atoms with E-state index in [0.717, 1.165) is 16.9 Å². The lowest BCUT2D eigenvalue weighted by Crippen LogP contribution is -1.95. The highest BCUT2D eigenvalue weighted by molar-refractivity contribution is 5.56. The van der Waals surface area contributed by atoms with Crippen LogP contribution < -0.4 is 5.73 Å². The smallest absolute Gasteiger partial charge is 0.206 e. The van der Waals surface area contributed by atoms with Crippen LogP contribution in [0.2, 0.25) is 0 Å². The number of imidazole rings is 1. The van der Waals surface area contributed by atoms with E-state index in [1.165, 1.54) is 0 Å². The van der Waals surface area contributed by atoms with Crippen LogP contribution in [0.3, 0.4) is 0 Å². The molecule has 2 aromatic rings. The molecule has 4 nitrogen and oxygen atoms in total. The lowest BCUT2D eigenvalue weighted by molar-refractivity contribution is 1.05. The average molecular weight is 192 g/mol. The fourth-order valence-corrected chi connectivity index (χ4v) is 1.26. The molecule has 0 saturated carbocycles. The predicted molar refractivity (Wildman–Crippen MR) is 58.2 cm³/mol. The van der Waals surface area contributed by atoms with Crippen molar-refractivity contribution in [3.8, 4) is 0 Å². The Balaban J connectivity index is 0.000000461. The molecule has 0 aromatic carbocycles. The van der Waals surface area contributed by atoms with Crippen molar-refractivity contribution in [1.82, 2.24) is 14.4 Å². The van der Waals surface area contributed by atoms with E-state index in [2.05, 4.69) is 9.97 Å². The summed E-state index contributed by atoms with van der Waals surface area (Å²) in [6.07, 6.45) is 1.69. The van der Waals surface area contributed by atoms with Gasteiger partial charge in [-0.05, 0) is 19.9 Å². The number of fused-ring (bicyclic) bond motifs is 1. The lowest BCUT2D eigenvalue weighted by Gasteiger charge is -1.95. The van der Waals surface area contributed by atoms with E-state index in [0.29, 0.717) is 5.95 Å². The average Bonchev–Trinajstić information content (AvgIpc) is 2.46. The molecule has 2 heterocycles. The van der Waals surface area contributed by atoms with Gasteiger partial charge >= 0.3 is 0 Å². The number of rotatable bonds is 0. The lowest BCUT2D eigenvalue weighted by atomic mass is 10.3. The largest absolute Gasteiger partial charge is 0.369 e. The molecule has 0 saturated heterocycles. The first-order valence-electron chi connectivity index (χ1n) is 4.75. The van der Waals surface area contributed by atoms with E-state index in [4.69, 9.17) is 5.73 Å². The van der Waals surface area contributed by atoms with Crippen molar-refractivity contribution in [3.63, 3.8) is 0 Å². The summed E-state index contributed by atoms with van der Waals surface area (Å²) in [5.41, 5.74) is 8.59. The van der Waals surface area contributed by atoms with Gasteiger partial charge in [-0.3, -0.25) is 4.40 Å². The molecule has 0 unspecified atom stereocenters. The van der Waals surface area contributed by atoms with E-state index < -0.39 is 0 Å². The zero-order chi connectivity index (χ0) is 10.7. The third-order valence-electron chi connectivity index (χ3n) is 1.88. The Morgan fingerprint density at radius 2 is 1.93 bits per heavy atom. The predicted octanol–water partition coefficient (Wildman–Crippen LogP) is 1.95. The fraction of sp³-hybridized carbons (Fsp3) is 0.400. The fourth-order valence-electron chi connectivity index (χ4n) is 1.26. The summed E-state index contributed by atoms with van der Waals surface area (Å²) in [6.45, 7) is 7.88. The van der Waals surface area contributed by atoms with Crippen LogP contribution in [0.4, 0.5) is 5.95 Å². The summed E-state index contributed by atoms with van der Waals surface area (Å²) in [4.78, 5) is 8.26. The van der Waals surface area contributed by atoms with Gasteiger partial charge in [0.2, 0.25) is 5.95 Å². The van der Waals surface area contributed by atoms with Crippen LogP contribution in [0.5, 0.6) is 0 Å². The van der Waals surface area contributed by atoms with Gasteiger partial charge in [0.05, 0.1) is 11.2 Å². The first-order chi connectivity index (χ1) is 6.68. The molecule has 0 aliphatic rings. The van der Waals surface area contributed by atoms with Gasteiger partial charge < -0.3 is 5.73 Å². The Bertz CT molecular complexity index is 431. The summed E-state index contributed by atoms with van der Waals surface area (Å²) in [5, 5.41) is 0. The summed E-state index contributed by atoms with van der Waals surface area (Å²) in [5.74, 6) is 0.495. The van der Waals surface area contributed by atoms with Gasteiger partial charge in [-0.1, -0.05) is 13.8 Å². The normalized spacial score (nSPS) is 9.71. The molecule has 2 N–H and O–H groups in total. The highest BCUT2D eigenvalue weighted by Crippen LogP contribution is 2.13. The van der Waals surface area contributed by atoms with E-state index >= 15 is 0 Å². The number of anilines is 1. The molecule has 76 valence electrons. The number of hydrogen-bond acceptors (Lipinski definition) is 3. The molecule has 14 heavy (non-hydrogen) atoms. The van der Waals surface area contributed by atoms with Crippen molar-refractivity contribution in [2.75, 3.05) is 5.73 Å². The van der Waals surface area contributed by atoms with Gasteiger partial charge in [0.1, 0.15) is 6.33 Å². The van der Waals surface area contributed by atoms with Gasteiger partial charge in [0.15, 0.2) is 0 Å². The monoisotopic (exact) mass is 192 g/mol. The van der Waals surface area contributed by atoms with E-state index in [9.17, 15) is 0 Å². The molecule has 4 heteroatoms. The first kappa shape index (κ1) is 10.5. The molecule has 2 aromatic heterocycles. The molecule has 0 spiro atoms. The van der Waals surface area contributed by atoms with Crippen LogP contribution >= 0.6 is 0 Å². The maximum absolute atomic E-state index is 5.64. The van der Waals surface area contributed by atoms with Crippen LogP contribution in [-0.4, -0.2) is 14.4 Å². The minimum absolute atomic E-state index is 0.495. The second-order valence-electron chi connectivity index (χ2n) is 2.84. The third kappa shape index (κ3) is 1.69. The van der Waals surface area contributed by atoms with Gasteiger partial charge in [-0.2, -0.15) is 0 Å². The van der Waals surface area contributed by atoms with Crippen LogP contribution in [0.15, 0.2) is 12.4 Å². The summed E-state index contributed by atoms with van der Waals surface area (Å²) >= 11 is 0. The van der Waals surface area contributed by atoms with Crippen LogP contribution in [0.1, 0.15) is 25.2 Å². The molecule has 0 atom stereocenters. The van der Waals surface area contributed by atoms with Crippen LogP contribution in [0.25, 0.3) is 5.52 Å². The van der Waals surface area contributed by atoms with Crippen molar-refractivity contribution < 1.29 is 0 Å². The number of nitrogens with two attached hydrogens (primary N) is 1. The molecular weight excluding hydrogens is 176 g/mol. The number of nitrogen functional groups attached to an aromatic ring is 1. The Morgan fingerprint density at radius 3 is 2.57 bits per heavy atom. The maximum atomic E-state index is 5.64. The van der Waals surface area contributed by atoms with E-state index in [-0.39, 0.29) is 0 Å². The topological polar surface area (TPSA) is 56.2 Å². The van der Waals surface area contributed by atoms with Crippen molar-refractivity contribution in [2.45, 2.75) is 27.7 Å². The summed E-state index contributed by atoms with van der Waals surface area (Å²) in [6, 6.07) is 1.97. The Morgan fingerprint density at radius 1 is 1.29 bits per heavy atom. The maximum Gasteiger partial charge on any atom is 0.206 e. The van der Waals surface area contributed by atoms with E-state index in [1.807, 2.05) is 33.8 Å². The van der Waals surface area contributed by atoms with E-state index in [1.54, 1.807) is 10.7 Å². The first-order valence-corrected chi connectivity index (χ1v) is 4.75. The number of aromatic nitrogens is 3. The van der Waals surface area contributed by atoms with Crippen LogP contribution in [-0.2, 0) is 0 Å².